The molecular formula is C22H29N3O. The third-order valence-electron chi connectivity index (χ3n) is 5.28. The van der Waals surface area contributed by atoms with Crippen molar-refractivity contribution in [2.24, 2.45) is 0 Å². The van der Waals surface area contributed by atoms with Crippen molar-refractivity contribution < 1.29 is 4.79 Å². The molecule has 1 aliphatic heterocycles. The van der Waals surface area contributed by atoms with Gasteiger partial charge in [0.15, 0.2) is 0 Å². The molecule has 0 unspecified atom stereocenters. The number of piperazine rings is 1. The van der Waals surface area contributed by atoms with Gasteiger partial charge in [-0.15, -0.1) is 0 Å². The molecule has 3 rings (SSSR count). The maximum absolute atomic E-state index is 12.4. The van der Waals surface area contributed by atoms with Crippen LogP contribution in [-0.2, 0) is 11.2 Å². The van der Waals surface area contributed by atoms with Crippen molar-refractivity contribution in [1.82, 2.24) is 4.90 Å². The fourth-order valence-corrected chi connectivity index (χ4v) is 3.48. The average molecular weight is 351 g/mol. The fourth-order valence-electron chi connectivity index (χ4n) is 3.48. The first-order valence-corrected chi connectivity index (χ1v) is 9.49. The summed E-state index contributed by atoms with van der Waals surface area (Å²) in [5.41, 5.74) is 5.49. The Hall–Kier alpha value is -2.33. The van der Waals surface area contributed by atoms with E-state index in [0.717, 1.165) is 55.1 Å². The van der Waals surface area contributed by atoms with Gasteiger partial charge in [-0.1, -0.05) is 31.2 Å². The van der Waals surface area contributed by atoms with Crippen LogP contribution in [-0.4, -0.2) is 43.5 Å². The zero-order valence-electron chi connectivity index (χ0n) is 16.1. The van der Waals surface area contributed by atoms with E-state index in [2.05, 4.69) is 41.1 Å². The lowest BCUT2D eigenvalue weighted by Crippen LogP contribution is -2.46. The minimum Gasteiger partial charge on any atom is -0.369 e. The number of rotatable bonds is 5. The SMILES string of the molecule is CCN1CCN(c2ccc(NC(=O)Cc3ccccc3C)c(C)c2)CC1. The van der Waals surface area contributed by atoms with E-state index in [1.165, 1.54) is 5.69 Å². The van der Waals surface area contributed by atoms with E-state index in [1.807, 2.05) is 37.3 Å². The van der Waals surface area contributed by atoms with Crippen LogP contribution < -0.4 is 10.2 Å². The molecule has 4 nitrogen and oxygen atoms in total. The number of benzene rings is 2. The Morgan fingerprint density at radius 2 is 1.73 bits per heavy atom. The molecule has 138 valence electrons. The molecule has 1 amide bonds. The third-order valence-corrected chi connectivity index (χ3v) is 5.28. The van der Waals surface area contributed by atoms with Gasteiger partial charge >= 0.3 is 0 Å². The van der Waals surface area contributed by atoms with E-state index in [0.29, 0.717) is 6.42 Å². The Labute approximate surface area is 156 Å². The second kappa shape index (κ2) is 8.37. The summed E-state index contributed by atoms with van der Waals surface area (Å²) < 4.78 is 0. The fraction of sp³-hybridized carbons (Fsp3) is 0.409. The van der Waals surface area contributed by atoms with Gasteiger partial charge in [-0.25, -0.2) is 0 Å². The Bertz CT molecular complexity index is 764. The number of amides is 1. The zero-order chi connectivity index (χ0) is 18.5. The lowest BCUT2D eigenvalue weighted by Gasteiger charge is -2.35. The minimum atomic E-state index is 0.0340. The highest BCUT2D eigenvalue weighted by atomic mass is 16.1. The van der Waals surface area contributed by atoms with Crippen molar-refractivity contribution in [2.45, 2.75) is 27.2 Å². The van der Waals surface area contributed by atoms with Crippen LogP contribution in [0.4, 0.5) is 11.4 Å². The van der Waals surface area contributed by atoms with Crippen LogP contribution in [0.3, 0.4) is 0 Å². The van der Waals surface area contributed by atoms with Gasteiger partial charge in [-0.3, -0.25) is 4.79 Å². The van der Waals surface area contributed by atoms with Gasteiger partial charge in [0.05, 0.1) is 6.42 Å². The van der Waals surface area contributed by atoms with E-state index >= 15 is 0 Å². The quantitative estimate of drug-likeness (QED) is 0.893. The minimum absolute atomic E-state index is 0.0340. The standard InChI is InChI=1S/C22H29N3O/c1-4-24-11-13-25(14-12-24)20-9-10-21(18(3)15-20)23-22(26)16-19-8-6-5-7-17(19)2/h5-10,15H,4,11-14,16H2,1-3H3,(H,23,26). The maximum Gasteiger partial charge on any atom is 0.228 e. The molecule has 0 atom stereocenters. The van der Waals surface area contributed by atoms with Crippen LogP contribution in [0.2, 0.25) is 0 Å². The number of anilines is 2. The highest BCUT2D eigenvalue weighted by Crippen LogP contribution is 2.24. The van der Waals surface area contributed by atoms with E-state index in [9.17, 15) is 4.79 Å². The van der Waals surface area contributed by atoms with Crippen LogP contribution >= 0.6 is 0 Å². The molecule has 1 heterocycles. The topological polar surface area (TPSA) is 35.6 Å². The second-order valence-corrected chi connectivity index (χ2v) is 7.07. The van der Waals surface area contributed by atoms with E-state index in [-0.39, 0.29) is 5.91 Å². The molecular weight excluding hydrogens is 322 g/mol. The van der Waals surface area contributed by atoms with Crippen molar-refractivity contribution in [3.8, 4) is 0 Å². The number of nitrogens with one attached hydrogen (secondary N) is 1. The number of carbonyl (C=O) groups excluding carboxylic acids is 1. The van der Waals surface area contributed by atoms with Gasteiger partial charge in [-0.2, -0.15) is 0 Å². The first-order valence-electron chi connectivity index (χ1n) is 9.49. The van der Waals surface area contributed by atoms with Crippen LogP contribution in [0.5, 0.6) is 0 Å². The first-order chi connectivity index (χ1) is 12.6. The molecule has 1 N–H and O–H groups in total. The molecule has 2 aromatic rings. The maximum atomic E-state index is 12.4. The molecule has 4 heteroatoms. The summed E-state index contributed by atoms with van der Waals surface area (Å²) in [5, 5.41) is 3.07. The normalized spacial score (nSPS) is 15.1. The van der Waals surface area contributed by atoms with E-state index < -0.39 is 0 Å². The monoisotopic (exact) mass is 351 g/mol. The van der Waals surface area contributed by atoms with Gasteiger partial charge in [-0.05, 0) is 55.3 Å². The first kappa shape index (κ1) is 18.5. The average Bonchev–Trinajstić information content (AvgIpc) is 2.65. The van der Waals surface area contributed by atoms with Crippen LogP contribution in [0.15, 0.2) is 42.5 Å². The summed E-state index contributed by atoms with van der Waals surface area (Å²) in [6.07, 6.45) is 0.410. The van der Waals surface area contributed by atoms with Crippen molar-refractivity contribution in [2.75, 3.05) is 42.9 Å². The van der Waals surface area contributed by atoms with E-state index in [4.69, 9.17) is 0 Å². The highest BCUT2D eigenvalue weighted by molar-refractivity contribution is 5.93. The summed E-state index contributed by atoms with van der Waals surface area (Å²) in [6.45, 7) is 11.8. The Morgan fingerprint density at radius 1 is 1.00 bits per heavy atom. The third kappa shape index (κ3) is 4.44. The van der Waals surface area contributed by atoms with E-state index in [1.54, 1.807) is 0 Å². The zero-order valence-corrected chi connectivity index (χ0v) is 16.1. The van der Waals surface area contributed by atoms with Crippen molar-refractivity contribution in [3.05, 3.63) is 59.2 Å². The smallest absolute Gasteiger partial charge is 0.228 e. The Balaban J connectivity index is 1.63. The number of likely N-dealkylation sites (N-methyl/N-ethyl adjacent to an activating group) is 1. The highest BCUT2D eigenvalue weighted by Gasteiger charge is 2.16. The van der Waals surface area contributed by atoms with Gasteiger partial charge < -0.3 is 15.1 Å². The number of aryl methyl sites for hydroxylation is 2. The van der Waals surface area contributed by atoms with Gasteiger partial charge in [0.2, 0.25) is 5.91 Å². The molecule has 0 radical (unpaired) electrons. The van der Waals surface area contributed by atoms with Crippen LogP contribution in [0, 0.1) is 13.8 Å². The van der Waals surface area contributed by atoms with Crippen LogP contribution in [0.1, 0.15) is 23.6 Å². The summed E-state index contributed by atoms with van der Waals surface area (Å²) in [4.78, 5) is 17.3. The Morgan fingerprint density at radius 3 is 2.38 bits per heavy atom. The molecule has 1 aliphatic rings. The molecule has 0 aromatic heterocycles. The van der Waals surface area contributed by atoms with Crippen molar-refractivity contribution >= 4 is 17.3 Å². The number of hydrogen-bond acceptors (Lipinski definition) is 3. The lowest BCUT2D eigenvalue weighted by molar-refractivity contribution is -0.115. The van der Waals surface area contributed by atoms with Crippen LogP contribution in [0.25, 0.3) is 0 Å². The summed E-state index contributed by atoms with van der Waals surface area (Å²) >= 11 is 0. The summed E-state index contributed by atoms with van der Waals surface area (Å²) in [7, 11) is 0. The molecule has 1 saturated heterocycles. The number of nitrogens with zero attached hydrogens (tertiary/aromatic N) is 2. The van der Waals surface area contributed by atoms with Gasteiger partial charge in [0.25, 0.3) is 0 Å². The number of hydrogen-bond donors (Lipinski definition) is 1. The lowest BCUT2D eigenvalue weighted by atomic mass is 10.1. The second-order valence-electron chi connectivity index (χ2n) is 7.07. The molecule has 26 heavy (non-hydrogen) atoms. The molecule has 1 fully saturated rings. The van der Waals surface area contributed by atoms with Crippen molar-refractivity contribution in [3.63, 3.8) is 0 Å². The molecule has 0 spiro atoms. The summed E-state index contributed by atoms with van der Waals surface area (Å²) in [6, 6.07) is 14.4. The number of carbonyl (C=O) groups is 1. The molecule has 0 bridgehead atoms. The predicted octanol–water partition coefficient (Wildman–Crippen LogP) is 3.63. The largest absolute Gasteiger partial charge is 0.369 e. The Kier molecular flexibility index (Phi) is 5.94. The van der Waals surface area contributed by atoms with Gasteiger partial charge in [0.1, 0.15) is 0 Å². The van der Waals surface area contributed by atoms with Gasteiger partial charge in [0, 0.05) is 37.6 Å². The molecule has 0 aliphatic carbocycles. The predicted molar refractivity (Wildman–Crippen MR) is 109 cm³/mol. The summed E-state index contributed by atoms with van der Waals surface area (Å²) in [5.74, 6) is 0.0340. The van der Waals surface area contributed by atoms with Crippen molar-refractivity contribution in [1.29, 1.82) is 0 Å². The molecule has 0 saturated carbocycles. The molecule has 2 aromatic carbocycles.